The number of carbonyl (C=O) groups excluding carboxylic acids is 1. The van der Waals surface area contributed by atoms with Crippen LogP contribution in [0.2, 0.25) is 0 Å². The molecule has 2 N–H and O–H groups in total. The van der Waals surface area contributed by atoms with Crippen LogP contribution < -0.4 is 15.2 Å². The first kappa shape index (κ1) is 16.8. The van der Waals surface area contributed by atoms with Gasteiger partial charge in [-0.1, -0.05) is 24.3 Å². The highest BCUT2D eigenvalue weighted by atomic mass is 16.6. The van der Waals surface area contributed by atoms with Gasteiger partial charge in [-0.05, 0) is 42.6 Å². The summed E-state index contributed by atoms with van der Waals surface area (Å²) in [4.78, 5) is 17.9. The van der Waals surface area contributed by atoms with Crippen LogP contribution in [-0.4, -0.2) is 35.5 Å². The monoisotopic (exact) mass is 353 g/mol. The molecule has 1 saturated heterocycles. The molecular weight excluding hydrogens is 330 g/mol. The number of carbonyl (C=O) groups is 1. The van der Waals surface area contributed by atoms with E-state index in [1.54, 1.807) is 6.20 Å². The summed E-state index contributed by atoms with van der Waals surface area (Å²) >= 11 is 0. The van der Waals surface area contributed by atoms with Crippen molar-refractivity contribution in [2.75, 3.05) is 19.7 Å². The van der Waals surface area contributed by atoms with Crippen LogP contribution in [0, 0.1) is 5.92 Å². The Kier molecular flexibility index (Phi) is 4.75. The lowest BCUT2D eigenvalue weighted by Crippen LogP contribution is -2.40. The summed E-state index contributed by atoms with van der Waals surface area (Å²) in [6.07, 6.45) is 3.47. The first-order valence-corrected chi connectivity index (χ1v) is 9.04. The number of nitrogens with two attached hydrogens (primary N) is 1. The third kappa shape index (κ3) is 3.65. The van der Waals surface area contributed by atoms with E-state index < -0.39 is 0 Å². The van der Waals surface area contributed by atoms with E-state index in [2.05, 4.69) is 34.1 Å². The molecule has 0 spiro atoms. The molecule has 6 nitrogen and oxygen atoms in total. The van der Waals surface area contributed by atoms with Gasteiger partial charge in [0.1, 0.15) is 6.61 Å². The Bertz CT molecular complexity index is 778. The molecule has 2 aliphatic heterocycles. The van der Waals surface area contributed by atoms with Crippen molar-refractivity contribution in [3.05, 3.63) is 53.7 Å². The molecule has 1 aromatic heterocycles. The summed E-state index contributed by atoms with van der Waals surface area (Å²) in [5.41, 5.74) is 7.75. The highest BCUT2D eigenvalue weighted by Crippen LogP contribution is 2.34. The van der Waals surface area contributed by atoms with Crippen LogP contribution in [-0.2, 0) is 11.3 Å². The van der Waals surface area contributed by atoms with E-state index in [1.165, 1.54) is 5.56 Å². The predicted octanol–water partition coefficient (Wildman–Crippen LogP) is 2.29. The largest absolute Gasteiger partial charge is 0.484 e. The number of primary amides is 1. The Morgan fingerprint density at radius 3 is 2.92 bits per heavy atom. The van der Waals surface area contributed by atoms with Gasteiger partial charge in [0.15, 0.2) is 11.9 Å². The van der Waals surface area contributed by atoms with Crippen molar-refractivity contribution in [2.24, 2.45) is 11.7 Å². The molecule has 2 aliphatic rings. The second-order valence-corrected chi connectivity index (χ2v) is 6.94. The molecule has 0 radical (unpaired) electrons. The standard InChI is InChI=1S/C20H23N3O3/c21-19(24)16-3-2-10-23(12-16)11-14-5-7-15(8-6-14)18-13-25-17-4-1-9-22-20(17)26-18/h1,4-9,16,18H,2-3,10-13H2,(H2,21,24)/t16?,18-/m1/s1. The molecule has 26 heavy (non-hydrogen) atoms. The molecule has 3 heterocycles. The maximum atomic E-state index is 11.4. The van der Waals surface area contributed by atoms with Gasteiger partial charge < -0.3 is 15.2 Å². The van der Waals surface area contributed by atoms with Crippen molar-refractivity contribution in [3.63, 3.8) is 0 Å². The van der Waals surface area contributed by atoms with Gasteiger partial charge in [-0.2, -0.15) is 0 Å². The molecule has 0 bridgehead atoms. The summed E-state index contributed by atoms with van der Waals surface area (Å²) in [7, 11) is 0. The van der Waals surface area contributed by atoms with Gasteiger partial charge in [0, 0.05) is 19.3 Å². The SMILES string of the molecule is NC(=O)C1CCCN(Cc2ccc([C@H]3COc4cccnc4O3)cc2)C1. The van der Waals surface area contributed by atoms with E-state index in [-0.39, 0.29) is 17.9 Å². The molecule has 1 amide bonds. The normalized spacial score (nSPS) is 22.8. The summed E-state index contributed by atoms with van der Waals surface area (Å²) in [6, 6.07) is 12.1. The first-order chi connectivity index (χ1) is 12.7. The fraction of sp³-hybridized carbons (Fsp3) is 0.400. The van der Waals surface area contributed by atoms with Crippen molar-refractivity contribution >= 4 is 5.91 Å². The van der Waals surface area contributed by atoms with E-state index in [0.29, 0.717) is 18.2 Å². The number of piperidine rings is 1. The van der Waals surface area contributed by atoms with E-state index in [0.717, 1.165) is 38.0 Å². The fourth-order valence-electron chi connectivity index (χ4n) is 3.60. The maximum Gasteiger partial charge on any atom is 0.257 e. The van der Waals surface area contributed by atoms with Gasteiger partial charge in [-0.3, -0.25) is 9.69 Å². The highest BCUT2D eigenvalue weighted by molar-refractivity contribution is 5.76. The van der Waals surface area contributed by atoms with Gasteiger partial charge >= 0.3 is 0 Å². The number of rotatable bonds is 4. The van der Waals surface area contributed by atoms with Crippen LogP contribution >= 0.6 is 0 Å². The molecule has 1 aromatic carbocycles. The Labute approximate surface area is 152 Å². The summed E-state index contributed by atoms with van der Waals surface area (Å²) in [5, 5.41) is 0. The maximum absolute atomic E-state index is 11.4. The van der Waals surface area contributed by atoms with Crippen molar-refractivity contribution < 1.29 is 14.3 Å². The Hall–Kier alpha value is -2.60. The van der Waals surface area contributed by atoms with E-state index in [9.17, 15) is 4.79 Å². The lowest BCUT2D eigenvalue weighted by Gasteiger charge is -2.31. The van der Waals surface area contributed by atoms with E-state index >= 15 is 0 Å². The molecule has 0 aliphatic carbocycles. The van der Waals surface area contributed by atoms with E-state index in [1.807, 2.05) is 12.1 Å². The van der Waals surface area contributed by atoms with Gasteiger partial charge in [-0.15, -0.1) is 0 Å². The number of hydrogen-bond donors (Lipinski definition) is 1. The van der Waals surface area contributed by atoms with Gasteiger partial charge in [0.05, 0.1) is 5.92 Å². The van der Waals surface area contributed by atoms with Gasteiger partial charge in [0.2, 0.25) is 5.91 Å². The number of likely N-dealkylation sites (tertiary alicyclic amines) is 1. The van der Waals surface area contributed by atoms with Crippen molar-refractivity contribution in [1.29, 1.82) is 0 Å². The van der Waals surface area contributed by atoms with Crippen LogP contribution in [0.25, 0.3) is 0 Å². The predicted molar refractivity (Wildman–Crippen MR) is 96.7 cm³/mol. The summed E-state index contributed by atoms with van der Waals surface area (Å²) < 4.78 is 11.7. The van der Waals surface area contributed by atoms with Crippen LogP contribution in [0.3, 0.4) is 0 Å². The van der Waals surface area contributed by atoms with Crippen LogP contribution in [0.4, 0.5) is 0 Å². The lowest BCUT2D eigenvalue weighted by atomic mass is 9.97. The van der Waals surface area contributed by atoms with Crippen LogP contribution in [0.15, 0.2) is 42.6 Å². The number of benzene rings is 1. The molecule has 2 aromatic rings. The average Bonchev–Trinajstić information content (AvgIpc) is 2.68. The van der Waals surface area contributed by atoms with Crippen LogP contribution in [0.1, 0.15) is 30.1 Å². The Morgan fingerprint density at radius 2 is 2.12 bits per heavy atom. The van der Waals surface area contributed by atoms with Gasteiger partial charge in [0.25, 0.3) is 5.88 Å². The summed E-state index contributed by atoms with van der Waals surface area (Å²) in [6.45, 7) is 3.06. The molecule has 1 unspecified atom stereocenters. The average molecular weight is 353 g/mol. The Balaban J connectivity index is 1.39. The van der Waals surface area contributed by atoms with E-state index in [4.69, 9.17) is 15.2 Å². The highest BCUT2D eigenvalue weighted by Gasteiger charge is 2.25. The number of hydrogen-bond acceptors (Lipinski definition) is 5. The molecule has 0 saturated carbocycles. The molecular formula is C20H23N3O3. The minimum Gasteiger partial charge on any atom is -0.484 e. The minimum absolute atomic E-state index is 0.0246. The zero-order valence-electron chi connectivity index (χ0n) is 14.6. The Morgan fingerprint density at radius 1 is 1.27 bits per heavy atom. The second kappa shape index (κ2) is 7.33. The van der Waals surface area contributed by atoms with Crippen molar-refractivity contribution in [1.82, 2.24) is 9.88 Å². The van der Waals surface area contributed by atoms with Crippen LogP contribution in [0.5, 0.6) is 11.6 Å². The molecule has 4 rings (SSSR count). The third-order valence-electron chi connectivity index (χ3n) is 5.05. The summed E-state index contributed by atoms with van der Waals surface area (Å²) in [5.74, 6) is 1.02. The molecule has 1 fully saturated rings. The zero-order chi connectivity index (χ0) is 17.9. The topological polar surface area (TPSA) is 77.7 Å². The third-order valence-corrected chi connectivity index (χ3v) is 5.05. The molecule has 136 valence electrons. The fourth-order valence-corrected chi connectivity index (χ4v) is 3.60. The smallest absolute Gasteiger partial charge is 0.257 e. The minimum atomic E-state index is -0.187. The second-order valence-electron chi connectivity index (χ2n) is 6.94. The quantitative estimate of drug-likeness (QED) is 0.912. The molecule has 2 atom stereocenters. The number of fused-ring (bicyclic) bond motifs is 1. The number of ether oxygens (including phenoxy) is 2. The van der Waals surface area contributed by atoms with Gasteiger partial charge in [-0.25, -0.2) is 4.98 Å². The number of amides is 1. The number of nitrogens with zero attached hydrogens (tertiary/aromatic N) is 2. The molecule has 6 heteroatoms. The lowest BCUT2D eigenvalue weighted by molar-refractivity contribution is -0.123. The number of pyridine rings is 1. The first-order valence-electron chi connectivity index (χ1n) is 9.04. The zero-order valence-corrected chi connectivity index (χ0v) is 14.6. The van der Waals surface area contributed by atoms with Crippen molar-refractivity contribution in [3.8, 4) is 11.6 Å². The van der Waals surface area contributed by atoms with Crippen molar-refractivity contribution in [2.45, 2.75) is 25.5 Å². The number of aromatic nitrogens is 1.